The number of amides is 2. The SMILES string of the molecule is CCC(C)N(CC(=O)Nc1ccc(C)c(C)c1)C(C)=O. The topological polar surface area (TPSA) is 49.4 Å². The molecule has 0 bridgehead atoms. The van der Waals surface area contributed by atoms with Gasteiger partial charge in [0.25, 0.3) is 0 Å². The summed E-state index contributed by atoms with van der Waals surface area (Å²) in [7, 11) is 0. The highest BCUT2D eigenvalue weighted by Gasteiger charge is 2.18. The molecule has 1 N–H and O–H groups in total. The van der Waals surface area contributed by atoms with Gasteiger partial charge in [0, 0.05) is 18.7 Å². The number of rotatable bonds is 5. The molecule has 0 aliphatic heterocycles. The second kappa shape index (κ2) is 7.08. The predicted octanol–water partition coefficient (Wildman–Crippen LogP) is 2.89. The van der Waals surface area contributed by atoms with E-state index in [4.69, 9.17) is 0 Å². The Hall–Kier alpha value is -1.84. The summed E-state index contributed by atoms with van der Waals surface area (Å²) in [5.74, 6) is -0.238. The normalized spacial score (nSPS) is 11.8. The van der Waals surface area contributed by atoms with E-state index in [1.165, 1.54) is 12.5 Å². The summed E-state index contributed by atoms with van der Waals surface area (Å²) in [6.07, 6.45) is 0.830. The van der Waals surface area contributed by atoms with Crippen molar-refractivity contribution in [3.8, 4) is 0 Å². The molecule has 20 heavy (non-hydrogen) atoms. The molecule has 110 valence electrons. The molecule has 1 atom stereocenters. The molecule has 0 heterocycles. The van der Waals surface area contributed by atoms with Crippen molar-refractivity contribution in [2.75, 3.05) is 11.9 Å². The zero-order chi connectivity index (χ0) is 15.3. The number of carbonyl (C=O) groups is 2. The molecule has 0 fully saturated rings. The Morgan fingerprint density at radius 2 is 1.90 bits per heavy atom. The molecule has 0 saturated heterocycles. The predicted molar refractivity (Wildman–Crippen MR) is 81.7 cm³/mol. The van der Waals surface area contributed by atoms with Crippen molar-refractivity contribution >= 4 is 17.5 Å². The summed E-state index contributed by atoms with van der Waals surface area (Å²) in [5.41, 5.74) is 3.09. The van der Waals surface area contributed by atoms with Crippen LogP contribution in [-0.2, 0) is 9.59 Å². The highest BCUT2D eigenvalue weighted by molar-refractivity contribution is 5.94. The van der Waals surface area contributed by atoms with Crippen LogP contribution in [0.1, 0.15) is 38.3 Å². The van der Waals surface area contributed by atoms with Crippen LogP contribution in [0.25, 0.3) is 0 Å². The Kier molecular flexibility index (Phi) is 5.74. The Bertz CT molecular complexity index is 497. The number of benzene rings is 1. The first-order chi connectivity index (χ1) is 9.35. The van der Waals surface area contributed by atoms with Crippen molar-refractivity contribution in [1.29, 1.82) is 0 Å². The molecule has 2 amide bonds. The van der Waals surface area contributed by atoms with Gasteiger partial charge in [0.05, 0.1) is 0 Å². The Labute approximate surface area is 121 Å². The lowest BCUT2D eigenvalue weighted by atomic mass is 10.1. The number of hydrogen-bond acceptors (Lipinski definition) is 2. The molecule has 0 aliphatic carbocycles. The lowest BCUT2D eigenvalue weighted by Crippen LogP contribution is -2.42. The minimum atomic E-state index is -0.163. The van der Waals surface area contributed by atoms with Crippen LogP contribution in [0.15, 0.2) is 18.2 Å². The fourth-order valence-electron chi connectivity index (χ4n) is 1.97. The largest absolute Gasteiger partial charge is 0.331 e. The minimum Gasteiger partial charge on any atom is -0.331 e. The second-order valence-electron chi connectivity index (χ2n) is 5.25. The Morgan fingerprint density at radius 1 is 1.25 bits per heavy atom. The van der Waals surface area contributed by atoms with E-state index >= 15 is 0 Å². The van der Waals surface area contributed by atoms with Crippen molar-refractivity contribution < 1.29 is 9.59 Å². The first-order valence-corrected chi connectivity index (χ1v) is 6.99. The maximum absolute atomic E-state index is 12.0. The molecular weight excluding hydrogens is 252 g/mol. The number of carbonyl (C=O) groups excluding carboxylic acids is 2. The van der Waals surface area contributed by atoms with Gasteiger partial charge in [0.2, 0.25) is 11.8 Å². The molecule has 0 saturated carbocycles. The van der Waals surface area contributed by atoms with Crippen molar-refractivity contribution in [3.05, 3.63) is 29.3 Å². The van der Waals surface area contributed by atoms with E-state index in [1.807, 2.05) is 45.9 Å². The fourth-order valence-corrected chi connectivity index (χ4v) is 1.97. The van der Waals surface area contributed by atoms with Gasteiger partial charge in [0.15, 0.2) is 0 Å². The van der Waals surface area contributed by atoms with Crippen LogP contribution in [0.5, 0.6) is 0 Å². The first kappa shape index (κ1) is 16.2. The maximum Gasteiger partial charge on any atom is 0.244 e. The molecule has 1 rings (SSSR count). The van der Waals surface area contributed by atoms with Gasteiger partial charge >= 0.3 is 0 Å². The van der Waals surface area contributed by atoms with Crippen LogP contribution in [0.2, 0.25) is 0 Å². The van der Waals surface area contributed by atoms with Crippen LogP contribution >= 0.6 is 0 Å². The Morgan fingerprint density at radius 3 is 2.40 bits per heavy atom. The van der Waals surface area contributed by atoms with Crippen LogP contribution in [0.4, 0.5) is 5.69 Å². The van der Waals surface area contributed by atoms with Crippen molar-refractivity contribution in [2.45, 2.75) is 47.1 Å². The molecule has 4 nitrogen and oxygen atoms in total. The number of nitrogens with zero attached hydrogens (tertiary/aromatic N) is 1. The maximum atomic E-state index is 12.0. The van der Waals surface area contributed by atoms with E-state index in [0.29, 0.717) is 0 Å². The van der Waals surface area contributed by atoms with Crippen molar-refractivity contribution in [2.24, 2.45) is 0 Å². The molecule has 0 aliphatic rings. The third-order valence-corrected chi connectivity index (χ3v) is 3.63. The third-order valence-electron chi connectivity index (χ3n) is 3.63. The molecule has 4 heteroatoms. The van der Waals surface area contributed by atoms with Crippen LogP contribution in [0, 0.1) is 13.8 Å². The van der Waals surface area contributed by atoms with Crippen molar-refractivity contribution in [1.82, 2.24) is 4.90 Å². The van der Waals surface area contributed by atoms with Crippen LogP contribution in [-0.4, -0.2) is 29.3 Å². The van der Waals surface area contributed by atoms with Gasteiger partial charge in [-0.05, 0) is 50.5 Å². The summed E-state index contributed by atoms with van der Waals surface area (Å²) >= 11 is 0. The van der Waals surface area contributed by atoms with Gasteiger partial charge in [-0.3, -0.25) is 9.59 Å². The Balaban J connectivity index is 2.70. The monoisotopic (exact) mass is 276 g/mol. The van der Waals surface area contributed by atoms with E-state index < -0.39 is 0 Å². The number of nitrogens with one attached hydrogen (secondary N) is 1. The van der Waals surface area contributed by atoms with Gasteiger partial charge in [-0.15, -0.1) is 0 Å². The van der Waals surface area contributed by atoms with E-state index in [2.05, 4.69) is 5.32 Å². The third kappa shape index (κ3) is 4.37. The van der Waals surface area contributed by atoms with E-state index in [1.54, 1.807) is 4.90 Å². The summed E-state index contributed by atoms with van der Waals surface area (Å²) in [5, 5.41) is 2.84. The summed E-state index contributed by atoms with van der Waals surface area (Å²) in [6, 6.07) is 5.86. The van der Waals surface area contributed by atoms with Gasteiger partial charge in [-0.25, -0.2) is 0 Å². The molecule has 1 unspecified atom stereocenters. The quantitative estimate of drug-likeness (QED) is 0.899. The zero-order valence-corrected chi connectivity index (χ0v) is 13.0. The number of aryl methyl sites for hydroxylation is 2. The lowest BCUT2D eigenvalue weighted by molar-refractivity contribution is -0.134. The molecule has 0 radical (unpaired) electrons. The minimum absolute atomic E-state index is 0.0676. The van der Waals surface area contributed by atoms with E-state index in [9.17, 15) is 9.59 Å². The highest BCUT2D eigenvalue weighted by atomic mass is 16.2. The standard InChI is InChI=1S/C16H24N2O2/c1-6-13(4)18(14(5)19)10-16(20)17-15-8-7-11(2)12(3)9-15/h7-9,13H,6,10H2,1-5H3,(H,17,20). The van der Waals surface area contributed by atoms with E-state index in [0.717, 1.165) is 17.7 Å². The molecule has 1 aromatic rings. The lowest BCUT2D eigenvalue weighted by Gasteiger charge is -2.26. The van der Waals surface area contributed by atoms with Gasteiger partial charge in [0.1, 0.15) is 6.54 Å². The van der Waals surface area contributed by atoms with Crippen molar-refractivity contribution in [3.63, 3.8) is 0 Å². The molecular formula is C16H24N2O2. The van der Waals surface area contributed by atoms with Crippen LogP contribution < -0.4 is 5.32 Å². The summed E-state index contributed by atoms with van der Waals surface area (Å²) in [4.78, 5) is 25.2. The number of anilines is 1. The molecule has 0 spiro atoms. The highest BCUT2D eigenvalue weighted by Crippen LogP contribution is 2.14. The van der Waals surface area contributed by atoms with Gasteiger partial charge < -0.3 is 10.2 Å². The first-order valence-electron chi connectivity index (χ1n) is 6.99. The number of hydrogen-bond donors (Lipinski definition) is 1. The van der Waals surface area contributed by atoms with Gasteiger partial charge in [-0.2, -0.15) is 0 Å². The fraction of sp³-hybridized carbons (Fsp3) is 0.500. The van der Waals surface area contributed by atoms with Gasteiger partial charge in [-0.1, -0.05) is 13.0 Å². The summed E-state index contributed by atoms with van der Waals surface area (Å²) < 4.78 is 0. The molecule has 1 aromatic carbocycles. The average Bonchev–Trinajstić information content (AvgIpc) is 2.39. The molecule has 0 aromatic heterocycles. The average molecular weight is 276 g/mol. The zero-order valence-electron chi connectivity index (χ0n) is 13.0. The van der Waals surface area contributed by atoms with Crippen LogP contribution in [0.3, 0.4) is 0 Å². The smallest absolute Gasteiger partial charge is 0.244 e. The summed E-state index contributed by atoms with van der Waals surface area (Å²) in [6.45, 7) is 9.58. The second-order valence-corrected chi connectivity index (χ2v) is 5.25. The van der Waals surface area contributed by atoms with E-state index in [-0.39, 0.29) is 24.4 Å².